The normalized spacial score (nSPS) is 14.8. The second kappa shape index (κ2) is 7.48. The van der Waals surface area contributed by atoms with E-state index in [0.29, 0.717) is 18.9 Å². The van der Waals surface area contributed by atoms with Gasteiger partial charge in [0.05, 0.1) is 12.3 Å². The summed E-state index contributed by atoms with van der Waals surface area (Å²) in [5.74, 6) is 1.32. The van der Waals surface area contributed by atoms with E-state index in [0.717, 1.165) is 18.6 Å². The van der Waals surface area contributed by atoms with Crippen LogP contribution >= 0.6 is 0 Å². The highest BCUT2D eigenvalue weighted by Gasteiger charge is 2.24. The minimum atomic E-state index is -0.0832. The summed E-state index contributed by atoms with van der Waals surface area (Å²) < 4.78 is 5.28. The number of nitrogens with two attached hydrogens (primary N) is 1. The molecule has 20 heavy (non-hydrogen) atoms. The standard InChI is InChI=1S/C16H28N2O2/c1-12(14-6-5-11-20-14)18-15(19)8-7-13(9-10-17)16(2,3)4/h5-6,11-13H,7-10,17H2,1-4H3,(H,18,19). The van der Waals surface area contributed by atoms with E-state index in [-0.39, 0.29) is 17.4 Å². The third-order valence-electron chi connectivity index (χ3n) is 3.81. The molecule has 0 spiro atoms. The Labute approximate surface area is 122 Å². The van der Waals surface area contributed by atoms with E-state index in [2.05, 4.69) is 26.1 Å². The molecular weight excluding hydrogens is 252 g/mol. The lowest BCUT2D eigenvalue weighted by Crippen LogP contribution is -2.29. The fraction of sp³-hybridized carbons (Fsp3) is 0.688. The fourth-order valence-corrected chi connectivity index (χ4v) is 2.44. The van der Waals surface area contributed by atoms with Gasteiger partial charge in [0.2, 0.25) is 5.91 Å². The van der Waals surface area contributed by atoms with E-state index >= 15 is 0 Å². The minimum Gasteiger partial charge on any atom is -0.467 e. The summed E-state index contributed by atoms with van der Waals surface area (Å²) in [7, 11) is 0. The predicted octanol–water partition coefficient (Wildman–Crippen LogP) is 3.25. The van der Waals surface area contributed by atoms with E-state index in [1.165, 1.54) is 0 Å². The number of hydrogen-bond donors (Lipinski definition) is 2. The first-order valence-corrected chi connectivity index (χ1v) is 7.37. The van der Waals surface area contributed by atoms with Crippen LogP contribution in [-0.2, 0) is 4.79 Å². The molecule has 1 aromatic rings. The molecule has 1 aromatic heterocycles. The minimum absolute atomic E-state index is 0.0696. The molecule has 2 atom stereocenters. The first-order chi connectivity index (χ1) is 9.34. The maximum absolute atomic E-state index is 12.0. The van der Waals surface area contributed by atoms with E-state index < -0.39 is 0 Å². The molecule has 4 heteroatoms. The first kappa shape index (κ1) is 16.8. The molecule has 0 radical (unpaired) electrons. The maximum atomic E-state index is 12.0. The van der Waals surface area contributed by atoms with Crippen LogP contribution in [0.15, 0.2) is 22.8 Å². The van der Waals surface area contributed by atoms with Crippen LogP contribution in [-0.4, -0.2) is 12.5 Å². The summed E-state index contributed by atoms with van der Waals surface area (Å²) in [6.07, 6.45) is 3.99. The van der Waals surface area contributed by atoms with Gasteiger partial charge in [0.25, 0.3) is 0 Å². The molecule has 0 saturated carbocycles. The Bertz CT molecular complexity index is 393. The Morgan fingerprint density at radius 2 is 2.10 bits per heavy atom. The molecule has 0 saturated heterocycles. The Morgan fingerprint density at radius 1 is 1.40 bits per heavy atom. The van der Waals surface area contributed by atoms with Gasteiger partial charge in [-0.05, 0) is 49.8 Å². The molecule has 1 heterocycles. The Morgan fingerprint density at radius 3 is 2.60 bits per heavy atom. The van der Waals surface area contributed by atoms with Gasteiger partial charge < -0.3 is 15.5 Å². The number of hydrogen-bond acceptors (Lipinski definition) is 3. The largest absolute Gasteiger partial charge is 0.467 e. The number of amides is 1. The maximum Gasteiger partial charge on any atom is 0.220 e. The number of carbonyl (C=O) groups is 1. The molecule has 1 rings (SSSR count). The molecule has 0 bridgehead atoms. The lowest BCUT2D eigenvalue weighted by molar-refractivity contribution is -0.122. The molecule has 0 fully saturated rings. The summed E-state index contributed by atoms with van der Waals surface area (Å²) in [4.78, 5) is 12.0. The summed E-state index contributed by atoms with van der Waals surface area (Å²) in [6.45, 7) is 9.22. The molecule has 0 aliphatic carbocycles. The van der Waals surface area contributed by atoms with Crippen LogP contribution in [0.2, 0.25) is 0 Å². The van der Waals surface area contributed by atoms with Crippen LogP contribution < -0.4 is 11.1 Å². The molecule has 0 aromatic carbocycles. The van der Waals surface area contributed by atoms with Crippen LogP contribution in [0.4, 0.5) is 0 Å². The van der Waals surface area contributed by atoms with E-state index in [1.807, 2.05) is 19.1 Å². The van der Waals surface area contributed by atoms with Gasteiger partial charge in [-0.25, -0.2) is 0 Å². The zero-order valence-corrected chi connectivity index (χ0v) is 13.1. The highest BCUT2D eigenvalue weighted by Crippen LogP contribution is 2.32. The summed E-state index contributed by atoms with van der Waals surface area (Å²) >= 11 is 0. The summed E-state index contributed by atoms with van der Waals surface area (Å²) in [5, 5.41) is 2.97. The van der Waals surface area contributed by atoms with Crippen molar-refractivity contribution in [3.05, 3.63) is 24.2 Å². The Hall–Kier alpha value is -1.29. The van der Waals surface area contributed by atoms with Crippen molar-refractivity contribution < 1.29 is 9.21 Å². The highest BCUT2D eigenvalue weighted by molar-refractivity contribution is 5.76. The van der Waals surface area contributed by atoms with Crippen LogP contribution in [0.3, 0.4) is 0 Å². The number of nitrogens with one attached hydrogen (secondary N) is 1. The van der Waals surface area contributed by atoms with E-state index in [4.69, 9.17) is 10.2 Å². The van der Waals surface area contributed by atoms with Crippen molar-refractivity contribution in [1.29, 1.82) is 0 Å². The average molecular weight is 280 g/mol. The molecule has 3 N–H and O–H groups in total. The van der Waals surface area contributed by atoms with Crippen LogP contribution in [0.25, 0.3) is 0 Å². The monoisotopic (exact) mass is 280 g/mol. The Kier molecular flexibility index (Phi) is 6.27. The third-order valence-corrected chi connectivity index (χ3v) is 3.81. The zero-order valence-electron chi connectivity index (χ0n) is 13.1. The van der Waals surface area contributed by atoms with Crippen LogP contribution in [0, 0.1) is 11.3 Å². The lowest BCUT2D eigenvalue weighted by Gasteiger charge is -2.30. The SMILES string of the molecule is CC(NC(=O)CCC(CCN)C(C)(C)C)c1ccco1. The topological polar surface area (TPSA) is 68.3 Å². The summed E-state index contributed by atoms with van der Waals surface area (Å²) in [5.41, 5.74) is 5.85. The third kappa shape index (κ3) is 5.37. The Balaban J connectivity index is 2.42. The zero-order chi connectivity index (χ0) is 15.2. The second-order valence-electron chi connectivity index (χ2n) is 6.48. The van der Waals surface area contributed by atoms with E-state index in [9.17, 15) is 4.79 Å². The molecule has 0 aliphatic heterocycles. The van der Waals surface area contributed by atoms with Crippen molar-refractivity contribution >= 4 is 5.91 Å². The summed E-state index contributed by atoms with van der Waals surface area (Å²) in [6, 6.07) is 3.62. The average Bonchev–Trinajstić information content (AvgIpc) is 2.86. The molecule has 2 unspecified atom stereocenters. The quantitative estimate of drug-likeness (QED) is 0.805. The van der Waals surface area contributed by atoms with Crippen molar-refractivity contribution in [3.8, 4) is 0 Å². The molecule has 114 valence electrons. The van der Waals surface area contributed by atoms with Gasteiger partial charge in [0.15, 0.2) is 0 Å². The molecule has 0 aliphatic rings. The van der Waals surface area contributed by atoms with Gasteiger partial charge in [-0.2, -0.15) is 0 Å². The number of rotatable bonds is 7. The number of furan rings is 1. The molecule has 4 nitrogen and oxygen atoms in total. The molecular formula is C16H28N2O2. The van der Waals surface area contributed by atoms with Gasteiger partial charge >= 0.3 is 0 Å². The predicted molar refractivity (Wildman–Crippen MR) is 81.1 cm³/mol. The fourth-order valence-electron chi connectivity index (χ4n) is 2.44. The van der Waals surface area contributed by atoms with Crippen LogP contribution in [0.5, 0.6) is 0 Å². The van der Waals surface area contributed by atoms with Crippen LogP contribution in [0.1, 0.15) is 58.8 Å². The highest BCUT2D eigenvalue weighted by atomic mass is 16.3. The van der Waals surface area contributed by atoms with E-state index in [1.54, 1.807) is 6.26 Å². The smallest absolute Gasteiger partial charge is 0.220 e. The van der Waals surface area contributed by atoms with Crippen molar-refractivity contribution in [2.24, 2.45) is 17.1 Å². The van der Waals surface area contributed by atoms with Gasteiger partial charge in [-0.15, -0.1) is 0 Å². The lowest BCUT2D eigenvalue weighted by atomic mass is 9.76. The van der Waals surface area contributed by atoms with Gasteiger partial charge in [-0.1, -0.05) is 20.8 Å². The molecule has 1 amide bonds. The number of carbonyl (C=O) groups excluding carboxylic acids is 1. The van der Waals surface area contributed by atoms with Crippen molar-refractivity contribution in [2.75, 3.05) is 6.54 Å². The first-order valence-electron chi connectivity index (χ1n) is 7.37. The van der Waals surface area contributed by atoms with Crippen molar-refractivity contribution in [3.63, 3.8) is 0 Å². The van der Waals surface area contributed by atoms with Crippen molar-refractivity contribution in [2.45, 2.75) is 53.0 Å². The van der Waals surface area contributed by atoms with Crippen molar-refractivity contribution in [1.82, 2.24) is 5.32 Å². The second-order valence-corrected chi connectivity index (χ2v) is 6.48. The van der Waals surface area contributed by atoms with Gasteiger partial charge in [0, 0.05) is 6.42 Å². The van der Waals surface area contributed by atoms with Gasteiger partial charge in [0.1, 0.15) is 5.76 Å². The van der Waals surface area contributed by atoms with Gasteiger partial charge in [-0.3, -0.25) is 4.79 Å².